The maximum Gasteiger partial charge on any atom is 0.260 e. The van der Waals surface area contributed by atoms with E-state index in [0.29, 0.717) is 30.9 Å². The first-order chi connectivity index (χ1) is 14.0. The quantitative estimate of drug-likeness (QED) is 0.787. The zero-order valence-electron chi connectivity index (χ0n) is 16.1. The van der Waals surface area contributed by atoms with E-state index in [2.05, 4.69) is 4.98 Å². The van der Waals surface area contributed by atoms with Crippen molar-refractivity contribution < 1.29 is 23.5 Å². The SMILES string of the molecule is C[C@@]12CCN(C(=O)COc3cccnc3)C[C@H]1N(c1ccc(F)cc1)C(=O)CO2. The molecule has 0 radical (unpaired) electrons. The fourth-order valence-electron chi connectivity index (χ4n) is 3.83. The first-order valence-electron chi connectivity index (χ1n) is 9.48. The molecule has 0 N–H and O–H groups in total. The Bertz CT molecular complexity index is 893. The molecule has 2 aliphatic heterocycles. The van der Waals surface area contributed by atoms with Crippen molar-refractivity contribution in [2.24, 2.45) is 0 Å². The second kappa shape index (κ2) is 7.79. The van der Waals surface area contributed by atoms with E-state index in [1.54, 1.807) is 46.5 Å². The summed E-state index contributed by atoms with van der Waals surface area (Å²) in [4.78, 5) is 32.6. The maximum absolute atomic E-state index is 13.4. The van der Waals surface area contributed by atoms with Crippen LogP contribution >= 0.6 is 0 Å². The zero-order chi connectivity index (χ0) is 20.4. The summed E-state index contributed by atoms with van der Waals surface area (Å²) in [5.41, 5.74) is 0.0142. The number of aromatic nitrogens is 1. The fourth-order valence-corrected chi connectivity index (χ4v) is 3.83. The molecule has 2 atom stereocenters. The molecule has 0 aliphatic carbocycles. The molecule has 0 unspecified atom stereocenters. The van der Waals surface area contributed by atoms with Crippen molar-refractivity contribution >= 4 is 17.5 Å². The minimum absolute atomic E-state index is 0.0392. The lowest BCUT2D eigenvalue weighted by atomic mass is 9.85. The monoisotopic (exact) mass is 399 g/mol. The Balaban J connectivity index is 1.51. The number of ether oxygens (including phenoxy) is 2. The van der Waals surface area contributed by atoms with Crippen LogP contribution in [-0.2, 0) is 14.3 Å². The molecule has 2 aromatic rings. The molecule has 2 aliphatic rings. The highest BCUT2D eigenvalue weighted by molar-refractivity contribution is 5.96. The minimum Gasteiger partial charge on any atom is -0.482 e. The molecular formula is C21H22FN3O4. The van der Waals surface area contributed by atoms with Gasteiger partial charge in [-0.05, 0) is 49.7 Å². The molecule has 2 saturated heterocycles. The van der Waals surface area contributed by atoms with Crippen LogP contribution in [-0.4, -0.2) is 59.6 Å². The molecule has 152 valence electrons. The van der Waals surface area contributed by atoms with Crippen molar-refractivity contribution in [1.29, 1.82) is 0 Å². The number of anilines is 1. The lowest BCUT2D eigenvalue weighted by molar-refractivity contribution is -0.157. The summed E-state index contributed by atoms with van der Waals surface area (Å²) in [5, 5.41) is 0. The van der Waals surface area contributed by atoms with Crippen molar-refractivity contribution in [2.45, 2.75) is 25.0 Å². The summed E-state index contributed by atoms with van der Waals surface area (Å²) in [7, 11) is 0. The summed E-state index contributed by atoms with van der Waals surface area (Å²) < 4.78 is 24.7. The largest absolute Gasteiger partial charge is 0.482 e. The number of rotatable bonds is 4. The number of hydrogen-bond acceptors (Lipinski definition) is 5. The normalized spacial score (nSPS) is 24.2. The van der Waals surface area contributed by atoms with Crippen LogP contribution in [0.5, 0.6) is 5.75 Å². The highest BCUT2D eigenvalue weighted by Gasteiger charge is 2.50. The third-order valence-corrected chi connectivity index (χ3v) is 5.54. The second-order valence-corrected chi connectivity index (χ2v) is 7.42. The number of morpholine rings is 1. The fraction of sp³-hybridized carbons (Fsp3) is 0.381. The molecule has 1 aromatic carbocycles. The van der Waals surface area contributed by atoms with Gasteiger partial charge in [-0.3, -0.25) is 14.6 Å². The Morgan fingerprint density at radius 3 is 2.86 bits per heavy atom. The zero-order valence-corrected chi connectivity index (χ0v) is 16.1. The second-order valence-electron chi connectivity index (χ2n) is 7.42. The van der Waals surface area contributed by atoms with Gasteiger partial charge in [-0.15, -0.1) is 0 Å². The summed E-state index contributed by atoms with van der Waals surface area (Å²) in [5.74, 6) is -0.231. The lowest BCUT2D eigenvalue weighted by Gasteiger charge is -2.52. The topological polar surface area (TPSA) is 72.0 Å². The van der Waals surface area contributed by atoms with Gasteiger partial charge in [0.05, 0.1) is 17.8 Å². The number of benzene rings is 1. The van der Waals surface area contributed by atoms with Crippen LogP contribution in [0.4, 0.5) is 10.1 Å². The van der Waals surface area contributed by atoms with E-state index in [-0.39, 0.29) is 36.9 Å². The van der Waals surface area contributed by atoms with Gasteiger partial charge in [0, 0.05) is 25.0 Å². The summed E-state index contributed by atoms with van der Waals surface area (Å²) in [6.45, 7) is 2.63. The number of carbonyl (C=O) groups excluding carboxylic acids is 2. The van der Waals surface area contributed by atoms with E-state index >= 15 is 0 Å². The highest BCUT2D eigenvalue weighted by atomic mass is 19.1. The summed E-state index contributed by atoms with van der Waals surface area (Å²) in [6.07, 6.45) is 3.76. The van der Waals surface area contributed by atoms with Gasteiger partial charge < -0.3 is 19.3 Å². The third-order valence-electron chi connectivity index (χ3n) is 5.54. The van der Waals surface area contributed by atoms with Crippen LogP contribution < -0.4 is 9.64 Å². The van der Waals surface area contributed by atoms with E-state index < -0.39 is 5.60 Å². The first-order valence-corrected chi connectivity index (χ1v) is 9.48. The number of fused-ring (bicyclic) bond motifs is 1. The molecule has 0 saturated carbocycles. The van der Waals surface area contributed by atoms with Crippen molar-refractivity contribution in [2.75, 3.05) is 31.2 Å². The van der Waals surface area contributed by atoms with Gasteiger partial charge >= 0.3 is 0 Å². The number of likely N-dealkylation sites (tertiary alicyclic amines) is 1. The van der Waals surface area contributed by atoms with Gasteiger partial charge in [0.15, 0.2) is 6.61 Å². The Hall–Kier alpha value is -3.00. The third kappa shape index (κ3) is 3.93. The van der Waals surface area contributed by atoms with Crippen LogP contribution in [0.15, 0.2) is 48.8 Å². The number of halogens is 1. The maximum atomic E-state index is 13.4. The number of nitrogens with zero attached hydrogens (tertiary/aromatic N) is 3. The number of amides is 2. The molecule has 29 heavy (non-hydrogen) atoms. The van der Waals surface area contributed by atoms with Crippen LogP contribution in [0, 0.1) is 5.82 Å². The summed E-state index contributed by atoms with van der Waals surface area (Å²) in [6, 6.07) is 8.89. The van der Waals surface area contributed by atoms with Gasteiger partial charge in [0.2, 0.25) is 0 Å². The number of pyridine rings is 1. The van der Waals surface area contributed by atoms with Crippen molar-refractivity contribution in [3.8, 4) is 5.75 Å². The predicted molar refractivity (Wildman–Crippen MR) is 103 cm³/mol. The average Bonchev–Trinajstić information content (AvgIpc) is 2.74. The molecule has 3 heterocycles. The van der Waals surface area contributed by atoms with Crippen molar-refractivity contribution in [3.63, 3.8) is 0 Å². The Labute approximate surface area is 168 Å². The molecule has 0 spiro atoms. The van der Waals surface area contributed by atoms with E-state index in [4.69, 9.17) is 9.47 Å². The van der Waals surface area contributed by atoms with Crippen LogP contribution in [0.3, 0.4) is 0 Å². The lowest BCUT2D eigenvalue weighted by Crippen LogP contribution is -2.68. The van der Waals surface area contributed by atoms with Crippen LogP contribution in [0.25, 0.3) is 0 Å². The minimum atomic E-state index is -0.580. The van der Waals surface area contributed by atoms with Gasteiger partial charge in [0.1, 0.15) is 18.2 Å². The molecule has 2 amide bonds. The van der Waals surface area contributed by atoms with Crippen molar-refractivity contribution in [1.82, 2.24) is 9.88 Å². The molecule has 2 fully saturated rings. The number of hydrogen-bond donors (Lipinski definition) is 0. The number of carbonyl (C=O) groups is 2. The number of piperidine rings is 1. The van der Waals surface area contributed by atoms with E-state index in [1.165, 1.54) is 12.1 Å². The standard InChI is InChI=1S/C21H22FN3O4/c1-21-8-10-24(19(26)13-28-17-3-2-9-23-11-17)12-18(21)25(20(27)14-29-21)16-6-4-15(22)5-7-16/h2-7,9,11,18H,8,10,12-14H2,1H3/t18-,21-/m1/s1. The van der Waals surface area contributed by atoms with Gasteiger partial charge in [-0.2, -0.15) is 0 Å². The molecule has 7 nitrogen and oxygen atoms in total. The van der Waals surface area contributed by atoms with E-state index in [1.807, 2.05) is 6.92 Å². The van der Waals surface area contributed by atoms with Gasteiger partial charge in [-0.1, -0.05) is 0 Å². The van der Waals surface area contributed by atoms with Crippen LogP contribution in [0.1, 0.15) is 13.3 Å². The Morgan fingerprint density at radius 1 is 1.34 bits per heavy atom. The molecule has 4 rings (SSSR count). The molecule has 1 aromatic heterocycles. The predicted octanol–water partition coefficient (Wildman–Crippen LogP) is 2.02. The Kier molecular flexibility index (Phi) is 5.19. The molecule has 0 bridgehead atoms. The van der Waals surface area contributed by atoms with Gasteiger partial charge in [0.25, 0.3) is 11.8 Å². The molecule has 8 heteroatoms. The Morgan fingerprint density at radius 2 is 2.14 bits per heavy atom. The van der Waals surface area contributed by atoms with Gasteiger partial charge in [-0.25, -0.2) is 4.39 Å². The van der Waals surface area contributed by atoms with Crippen molar-refractivity contribution in [3.05, 3.63) is 54.6 Å². The summed E-state index contributed by atoms with van der Waals surface area (Å²) >= 11 is 0. The van der Waals surface area contributed by atoms with Crippen LogP contribution in [0.2, 0.25) is 0 Å². The van der Waals surface area contributed by atoms with E-state index in [0.717, 1.165) is 0 Å². The average molecular weight is 399 g/mol. The molecular weight excluding hydrogens is 377 g/mol. The highest BCUT2D eigenvalue weighted by Crippen LogP contribution is 2.36. The smallest absolute Gasteiger partial charge is 0.260 e. The first kappa shape index (κ1) is 19.3. The van der Waals surface area contributed by atoms with E-state index in [9.17, 15) is 14.0 Å².